The van der Waals surface area contributed by atoms with Crippen LogP contribution >= 0.6 is 11.6 Å². The average molecular weight is 253 g/mol. The van der Waals surface area contributed by atoms with Gasteiger partial charge in [0.15, 0.2) is 0 Å². The lowest BCUT2D eigenvalue weighted by atomic mass is 10.1. The molecule has 0 spiro atoms. The van der Waals surface area contributed by atoms with Crippen molar-refractivity contribution in [3.05, 3.63) is 34.3 Å². The highest BCUT2D eigenvalue weighted by molar-refractivity contribution is 6.31. The largest absolute Gasteiger partial charge is 0.349 e. The van der Waals surface area contributed by atoms with Gasteiger partial charge in [-0.2, -0.15) is 0 Å². The van der Waals surface area contributed by atoms with E-state index < -0.39 is 0 Å². The van der Waals surface area contributed by atoms with Gasteiger partial charge in [0.25, 0.3) is 0 Å². The van der Waals surface area contributed by atoms with Crippen LogP contribution in [0.4, 0.5) is 0 Å². The summed E-state index contributed by atoms with van der Waals surface area (Å²) in [7, 11) is 0. The first-order chi connectivity index (χ1) is 8.13. The van der Waals surface area contributed by atoms with E-state index in [0.29, 0.717) is 6.54 Å². The number of hydrogen-bond donors (Lipinski definition) is 2. The molecule has 1 aliphatic carbocycles. The second-order valence-electron chi connectivity index (χ2n) is 4.54. The minimum absolute atomic E-state index is 0.0188. The Kier molecular flexibility index (Phi) is 3.69. The van der Waals surface area contributed by atoms with E-state index in [9.17, 15) is 4.79 Å². The third kappa shape index (κ3) is 2.45. The van der Waals surface area contributed by atoms with Crippen LogP contribution in [0.25, 0.3) is 0 Å². The number of amides is 1. The standard InChI is InChI=1S/C13H17ClN2O/c1-8(7-15)13(17)16-12-6-5-9-10(12)3-2-4-11(9)14/h2-4,8,12H,5-7,15H2,1H3,(H,16,17). The molecule has 1 aliphatic rings. The molecule has 2 unspecified atom stereocenters. The number of carbonyl (C=O) groups excluding carboxylic acids is 1. The van der Waals surface area contributed by atoms with Crippen LogP contribution in [0.15, 0.2) is 18.2 Å². The summed E-state index contributed by atoms with van der Waals surface area (Å²) in [6.07, 6.45) is 1.85. The second kappa shape index (κ2) is 5.07. The number of hydrogen-bond acceptors (Lipinski definition) is 2. The van der Waals surface area contributed by atoms with Gasteiger partial charge in [0, 0.05) is 17.5 Å². The summed E-state index contributed by atoms with van der Waals surface area (Å²) in [5, 5.41) is 3.83. The summed E-state index contributed by atoms with van der Waals surface area (Å²) >= 11 is 6.13. The summed E-state index contributed by atoms with van der Waals surface area (Å²) in [4.78, 5) is 11.8. The van der Waals surface area contributed by atoms with Crippen molar-refractivity contribution >= 4 is 17.5 Å². The van der Waals surface area contributed by atoms with E-state index in [2.05, 4.69) is 5.32 Å². The number of nitrogens with one attached hydrogen (secondary N) is 1. The number of halogens is 1. The van der Waals surface area contributed by atoms with E-state index in [-0.39, 0.29) is 17.9 Å². The van der Waals surface area contributed by atoms with Gasteiger partial charge in [0.1, 0.15) is 0 Å². The van der Waals surface area contributed by atoms with E-state index in [0.717, 1.165) is 23.4 Å². The van der Waals surface area contributed by atoms with Crippen LogP contribution in [0.3, 0.4) is 0 Å². The minimum atomic E-state index is -0.141. The number of rotatable bonds is 3. The summed E-state index contributed by atoms with van der Waals surface area (Å²) in [5.41, 5.74) is 7.80. The van der Waals surface area contributed by atoms with Crippen molar-refractivity contribution < 1.29 is 4.79 Å². The zero-order valence-electron chi connectivity index (χ0n) is 9.87. The molecule has 0 saturated carbocycles. The second-order valence-corrected chi connectivity index (χ2v) is 4.95. The lowest BCUT2D eigenvalue weighted by Gasteiger charge is -2.17. The fraction of sp³-hybridized carbons (Fsp3) is 0.462. The fourth-order valence-electron chi connectivity index (χ4n) is 2.18. The Morgan fingerprint density at radius 1 is 1.65 bits per heavy atom. The molecule has 0 aromatic heterocycles. The maximum Gasteiger partial charge on any atom is 0.224 e. The molecule has 0 fully saturated rings. The van der Waals surface area contributed by atoms with Gasteiger partial charge in [-0.1, -0.05) is 30.7 Å². The molecular formula is C13H17ClN2O. The van der Waals surface area contributed by atoms with E-state index in [1.165, 1.54) is 5.56 Å². The van der Waals surface area contributed by atoms with Crippen molar-refractivity contribution in [3.8, 4) is 0 Å². The molecule has 3 nitrogen and oxygen atoms in total. The maximum absolute atomic E-state index is 11.8. The zero-order chi connectivity index (χ0) is 12.4. The SMILES string of the molecule is CC(CN)C(=O)NC1CCc2c(Cl)cccc21. The molecule has 1 aromatic rings. The van der Waals surface area contributed by atoms with Crippen LogP contribution in [0, 0.1) is 5.92 Å². The summed E-state index contributed by atoms with van der Waals surface area (Å²) < 4.78 is 0. The Balaban J connectivity index is 2.12. The molecular weight excluding hydrogens is 236 g/mol. The van der Waals surface area contributed by atoms with Crippen molar-refractivity contribution in [2.75, 3.05) is 6.54 Å². The molecule has 0 saturated heterocycles. The van der Waals surface area contributed by atoms with Crippen LogP contribution in [0.1, 0.15) is 30.5 Å². The average Bonchev–Trinajstić information content (AvgIpc) is 2.73. The molecule has 0 heterocycles. The van der Waals surface area contributed by atoms with Crippen LogP contribution in [-0.2, 0) is 11.2 Å². The van der Waals surface area contributed by atoms with Gasteiger partial charge < -0.3 is 11.1 Å². The minimum Gasteiger partial charge on any atom is -0.349 e. The van der Waals surface area contributed by atoms with Gasteiger partial charge in [-0.3, -0.25) is 4.79 Å². The third-order valence-electron chi connectivity index (χ3n) is 3.33. The first-order valence-corrected chi connectivity index (χ1v) is 6.29. The Morgan fingerprint density at radius 3 is 3.12 bits per heavy atom. The highest BCUT2D eigenvalue weighted by Crippen LogP contribution is 2.35. The number of fused-ring (bicyclic) bond motifs is 1. The molecule has 92 valence electrons. The lowest BCUT2D eigenvalue weighted by molar-refractivity contribution is -0.124. The van der Waals surface area contributed by atoms with Gasteiger partial charge in [-0.15, -0.1) is 0 Å². The highest BCUT2D eigenvalue weighted by atomic mass is 35.5. The molecule has 1 amide bonds. The first kappa shape index (κ1) is 12.4. The van der Waals surface area contributed by atoms with Crippen molar-refractivity contribution in [1.82, 2.24) is 5.32 Å². The van der Waals surface area contributed by atoms with Gasteiger partial charge >= 0.3 is 0 Å². The lowest BCUT2D eigenvalue weighted by Crippen LogP contribution is -2.35. The molecule has 0 aliphatic heterocycles. The number of benzene rings is 1. The predicted octanol–water partition coefficient (Wildman–Crippen LogP) is 2.04. The van der Waals surface area contributed by atoms with Gasteiger partial charge in [-0.25, -0.2) is 0 Å². The Labute approximate surface area is 106 Å². The Morgan fingerprint density at radius 2 is 2.41 bits per heavy atom. The molecule has 1 aromatic carbocycles. The van der Waals surface area contributed by atoms with Crippen LogP contribution in [0.2, 0.25) is 5.02 Å². The molecule has 0 bridgehead atoms. The molecule has 17 heavy (non-hydrogen) atoms. The highest BCUT2D eigenvalue weighted by Gasteiger charge is 2.26. The number of carbonyl (C=O) groups is 1. The molecule has 2 rings (SSSR count). The maximum atomic E-state index is 11.8. The quantitative estimate of drug-likeness (QED) is 0.865. The first-order valence-electron chi connectivity index (χ1n) is 5.91. The predicted molar refractivity (Wildman–Crippen MR) is 68.9 cm³/mol. The van der Waals surface area contributed by atoms with Crippen LogP contribution in [0.5, 0.6) is 0 Å². The van der Waals surface area contributed by atoms with E-state index >= 15 is 0 Å². The van der Waals surface area contributed by atoms with Crippen molar-refractivity contribution in [2.45, 2.75) is 25.8 Å². The zero-order valence-corrected chi connectivity index (χ0v) is 10.6. The van der Waals surface area contributed by atoms with Crippen LogP contribution < -0.4 is 11.1 Å². The van der Waals surface area contributed by atoms with Gasteiger partial charge in [0.05, 0.1) is 6.04 Å². The van der Waals surface area contributed by atoms with E-state index in [4.69, 9.17) is 17.3 Å². The smallest absolute Gasteiger partial charge is 0.224 e. The fourth-order valence-corrected chi connectivity index (χ4v) is 2.46. The molecule has 0 radical (unpaired) electrons. The molecule has 4 heteroatoms. The monoisotopic (exact) mass is 252 g/mol. The normalized spacial score (nSPS) is 19.8. The summed E-state index contributed by atoms with van der Waals surface area (Å²) in [6.45, 7) is 2.21. The van der Waals surface area contributed by atoms with Crippen LogP contribution in [-0.4, -0.2) is 12.5 Å². The molecule has 3 N–H and O–H groups in total. The van der Waals surface area contributed by atoms with E-state index in [1.54, 1.807) is 0 Å². The van der Waals surface area contributed by atoms with Gasteiger partial charge in [0.2, 0.25) is 5.91 Å². The number of nitrogens with two attached hydrogens (primary N) is 1. The Hall–Kier alpha value is -1.06. The topological polar surface area (TPSA) is 55.1 Å². The van der Waals surface area contributed by atoms with E-state index in [1.807, 2.05) is 25.1 Å². The summed E-state index contributed by atoms with van der Waals surface area (Å²) in [6, 6.07) is 5.95. The van der Waals surface area contributed by atoms with Crippen molar-refractivity contribution in [1.29, 1.82) is 0 Å². The molecule has 2 atom stereocenters. The summed E-state index contributed by atoms with van der Waals surface area (Å²) in [5.74, 6) is -0.122. The van der Waals surface area contributed by atoms with Crippen molar-refractivity contribution in [3.63, 3.8) is 0 Å². The van der Waals surface area contributed by atoms with Gasteiger partial charge in [-0.05, 0) is 30.0 Å². The van der Waals surface area contributed by atoms with Crippen molar-refractivity contribution in [2.24, 2.45) is 11.7 Å². The third-order valence-corrected chi connectivity index (χ3v) is 3.69. The Bertz CT molecular complexity index is 433.